The van der Waals surface area contributed by atoms with E-state index in [1.165, 1.54) is 20.0 Å². The second-order valence-corrected chi connectivity index (χ2v) is 7.72. The number of hydrogen-bond donors (Lipinski definition) is 1. The molecule has 0 bridgehead atoms. The molecule has 2 rings (SSSR count). The van der Waals surface area contributed by atoms with Crippen LogP contribution in [0.1, 0.15) is 26.2 Å². The minimum atomic E-state index is -3.23. The molecule has 0 aromatic heterocycles. The molecule has 1 heterocycles. The summed E-state index contributed by atoms with van der Waals surface area (Å²) >= 11 is 0. The van der Waals surface area contributed by atoms with Gasteiger partial charge in [0.25, 0.3) is 0 Å². The smallest absolute Gasteiger partial charge is 0.216 e. The molecule has 2 atom stereocenters. The highest BCUT2D eigenvalue weighted by molar-refractivity contribution is 7.90. The number of nitrogens with one attached hydrogen (secondary N) is 1. The summed E-state index contributed by atoms with van der Waals surface area (Å²) in [5.41, 5.74) is 0. The molecule has 0 unspecified atom stereocenters. The van der Waals surface area contributed by atoms with E-state index in [0.717, 1.165) is 25.6 Å². The predicted octanol–water partition coefficient (Wildman–Crippen LogP) is 0.425. The Bertz CT molecular complexity index is 368. The lowest BCUT2D eigenvalue weighted by Gasteiger charge is -2.17. The monoisotopic (exact) mass is 276 g/mol. The summed E-state index contributed by atoms with van der Waals surface area (Å²) in [6, 6.07) is 0.791. The van der Waals surface area contributed by atoms with Gasteiger partial charge in [0.2, 0.25) is 10.0 Å². The van der Waals surface area contributed by atoms with Crippen LogP contribution in [-0.4, -0.2) is 58.0 Å². The third-order valence-corrected chi connectivity index (χ3v) is 5.65. The molecule has 6 heteroatoms. The van der Waals surface area contributed by atoms with Gasteiger partial charge in [-0.15, -0.1) is 0 Å². The van der Waals surface area contributed by atoms with Gasteiger partial charge >= 0.3 is 0 Å². The third-order valence-electron chi connectivity index (χ3n) is 3.88. The van der Waals surface area contributed by atoms with Gasteiger partial charge in [0.1, 0.15) is 0 Å². The fraction of sp³-hybridized carbons (Fsp3) is 1.00. The molecule has 0 amide bonds. The Labute approximate surface area is 110 Å². The molecule has 2 fully saturated rings. The van der Waals surface area contributed by atoms with Gasteiger partial charge in [-0.2, -0.15) is 0 Å². The molecule has 0 aromatic carbocycles. The van der Waals surface area contributed by atoms with Crippen LogP contribution in [-0.2, 0) is 14.8 Å². The number of methoxy groups -OCH3 is 1. The predicted molar refractivity (Wildman–Crippen MR) is 71.0 cm³/mol. The van der Waals surface area contributed by atoms with Gasteiger partial charge in [0.05, 0.1) is 11.9 Å². The largest absolute Gasteiger partial charge is 0.383 e. The van der Waals surface area contributed by atoms with Crippen LogP contribution in [0.25, 0.3) is 0 Å². The molecule has 1 aliphatic heterocycles. The van der Waals surface area contributed by atoms with E-state index in [2.05, 4.69) is 9.62 Å². The summed E-state index contributed by atoms with van der Waals surface area (Å²) in [5, 5.41) is -0.483. The highest BCUT2D eigenvalue weighted by Gasteiger charge is 2.34. The summed E-state index contributed by atoms with van der Waals surface area (Å²) in [7, 11) is -1.70. The van der Waals surface area contributed by atoms with E-state index in [9.17, 15) is 8.42 Å². The third kappa shape index (κ3) is 3.66. The standard InChI is InChI=1S/C12H24N2O3S/c1-10(9-17-2)18(15,16)13-7-11-5-6-14(8-11)12-3-4-12/h10-13H,3-9H2,1-2H3/t10-,11-/m1/s1. The van der Waals surface area contributed by atoms with Crippen LogP contribution in [0.2, 0.25) is 0 Å². The summed E-state index contributed by atoms with van der Waals surface area (Å²) in [6.07, 6.45) is 3.75. The van der Waals surface area contributed by atoms with E-state index in [1.807, 2.05) is 0 Å². The highest BCUT2D eigenvalue weighted by atomic mass is 32.2. The van der Waals surface area contributed by atoms with Gasteiger partial charge in [-0.1, -0.05) is 0 Å². The number of nitrogens with zero attached hydrogens (tertiary/aromatic N) is 1. The summed E-state index contributed by atoms with van der Waals surface area (Å²) < 4.78 is 31.4. The molecule has 18 heavy (non-hydrogen) atoms. The average molecular weight is 276 g/mol. The van der Waals surface area contributed by atoms with Crippen LogP contribution < -0.4 is 4.72 Å². The molecule has 0 spiro atoms. The number of rotatable bonds is 7. The Hall–Kier alpha value is -0.170. The Morgan fingerprint density at radius 2 is 2.11 bits per heavy atom. The fourth-order valence-corrected chi connectivity index (χ4v) is 3.57. The average Bonchev–Trinajstić information content (AvgIpc) is 3.07. The zero-order valence-corrected chi connectivity index (χ0v) is 12.1. The van der Waals surface area contributed by atoms with Crippen molar-refractivity contribution < 1.29 is 13.2 Å². The van der Waals surface area contributed by atoms with E-state index in [-0.39, 0.29) is 6.61 Å². The van der Waals surface area contributed by atoms with Crippen molar-refractivity contribution in [1.29, 1.82) is 0 Å². The van der Waals surface area contributed by atoms with Crippen LogP contribution in [0, 0.1) is 5.92 Å². The molecular formula is C12H24N2O3S. The van der Waals surface area contributed by atoms with Crippen molar-refractivity contribution in [2.24, 2.45) is 5.92 Å². The van der Waals surface area contributed by atoms with E-state index in [4.69, 9.17) is 4.74 Å². The maximum absolute atomic E-state index is 11.9. The van der Waals surface area contributed by atoms with Gasteiger partial charge in [-0.3, -0.25) is 0 Å². The molecular weight excluding hydrogens is 252 g/mol. The van der Waals surface area contributed by atoms with Gasteiger partial charge in [0, 0.05) is 26.2 Å². The van der Waals surface area contributed by atoms with Gasteiger partial charge < -0.3 is 9.64 Å². The van der Waals surface area contributed by atoms with Crippen molar-refractivity contribution in [3.8, 4) is 0 Å². The number of ether oxygens (including phenoxy) is 1. The molecule has 0 aromatic rings. The maximum Gasteiger partial charge on any atom is 0.216 e. The Kier molecular flexibility index (Phi) is 4.64. The van der Waals surface area contributed by atoms with Crippen molar-refractivity contribution in [1.82, 2.24) is 9.62 Å². The molecule has 1 saturated carbocycles. The van der Waals surface area contributed by atoms with Crippen molar-refractivity contribution in [3.05, 3.63) is 0 Å². The lowest BCUT2D eigenvalue weighted by atomic mass is 10.1. The lowest BCUT2D eigenvalue weighted by Crippen LogP contribution is -2.38. The molecule has 5 nitrogen and oxygen atoms in total. The SMILES string of the molecule is COC[C@@H](C)S(=O)(=O)NC[C@H]1CCN(C2CC2)C1. The zero-order valence-electron chi connectivity index (χ0n) is 11.3. The first kappa shape index (κ1) is 14.2. The summed E-state index contributed by atoms with van der Waals surface area (Å²) in [5.74, 6) is 0.468. The summed E-state index contributed by atoms with van der Waals surface area (Å²) in [6.45, 7) is 4.67. The van der Waals surface area contributed by atoms with Gasteiger partial charge in [0.15, 0.2) is 0 Å². The van der Waals surface area contributed by atoms with E-state index in [0.29, 0.717) is 12.5 Å². The topological polar surface area (TPSA) is 58.6 Å². The quantitative estimate of drug-likeness (QED) is 0.732. The number of likely N-dealkylation sites (tertiary alicyclic amines) is 1. The first-order valence-corrected chi connectivity index (χ1v) is 8.29. The molecule has 0 radical (unpaired) electrons. The van der Waals surface area contributed by atoms with Crippen LogP contribution in [0.4, 0.5) is 0 Å². The second kappa shape index (κ2) is 5.86. The molecule has 1 saturated heterocycles. The van der Waals surface area contributed by atoms with Crippen LogP contribution in [0.5, 0.6) is 0 Å². The first-order chi connectivity index (χ1) is 8.53. The molecule has 106 valence electrons. The Morgan fingerprint density at radius 1 is 1.39 bits per heavy atom. The van der Waals surface area contributed by atoms with Crippen LogP contribution in [0.15, 0.2) is 0 Å². The maximum atomic E-state index is 11.9. The Balaban J connectivity index is 1.74. The van der Waals surface area contributed by atoms with E-state index < -0.39 is 15.3 Å². The van der Waals surface area contributed by atoms with Crippen molar-refractivity contribution >= 4 is 10.0 Å². The van der Waals surface area contributed by atoms with E-state index >= 15 is 0 Å². The molecule has 1 N–H and O–H groups in total. The highest BCUT2D eigenvalue weighted by Crippen LogP contribution is 2.31. The first-order valence-electron chi connectivity index (χ1n) is 6.74. The van der Waals surface area contributed by atoms with Crippen molar-refractivity contribution in [2.45, 2.75) is 37.5 Å². The van der Waals surface area contributed by atoms with E-state index in [1.54, 1.807) is 6.92 Å². The van der Waals surface area contributed by atoms with Crippen LogP contribution >= 0.6 is 0 Å². The minimum absolute atomic E-state index is 0.244. The normalized spacial score (nSPS) is 27.6. The minimum Gasteiger partial charge on any atom is -0.383 e. The molecule has 2 aliphatic rings. The van der Waals surface area contributed by atoms with Crippen molar-refractivity contribution in [3.63, 3.8) is 0 Å². The van der Waals surface area contributed by atoms with Gasteiger partial charge in [-0.25, -0.2) is 13.1 Å². The number of hydrogen-bond acceptors (Lipinski definition) is 4. The van der Waals surface area contributed by atoms with Crippen LogP contribution in [0.3, 0.4) is 0 Å². The second-order valence-electron chi connectivity index (χ2n) is 5.54. The van der Waals surface area contributed by atoms with Crippen molar-refractivity contribution in [2.75, 3.05) is 33.4 Å². The molecule has 1 aliphatic carbocycles. The zero-order chi connectivity index (χ0) is 13.2. The summed E-state index contributed by atoms with van der Waals surface area (Å²) in [4.78, 5) is 2.50. The number of sulfonamides is 1. The van der Waals surface area contributed by atoms with Gasteiger partial charge in [-0.05, 0) is 38.6 Å². The lowest BCUT2D eigenvalue weighted by molar-refractivity contribution is 0.200. The fourth-order valence-electron chi connectivity index (χ4n) is 2.50. The Morgan fingerprint density at radius 3 is 2.72 bits per heavy atom.